The second-order valence-corrected chi connectivity index (χ2v) is 7.71. The summed E-state index contributed by atoms with van der Waals surface area (Å²) in [7, 11) is 1.94. The number of amides is 1. The predicted molar refractivity (Wildman–Crippen MR) is 107 cm³/mol. The fourth-order valence-corrected chi connectivity index (χ4v) is 3.43. The van der Waals surface area contributed by atoms with Gasteiger partial charge in [0, 0.05) is 30.6 Å². The lowest BCUT2D eigenvalue weighted by Crippen LogP contribution is -2.27. The Bertz CT molecular complexity index is 1050. The van der Waals surface area contributed by atoms with Crippen molar-refractivity contribution in [1.29, 1.82) is 0 Å². The van der Waals surface area contributed by atoms with Crippen LogP contribution < -0.4 is 10.7 Å². The van der Waals surface area contributed by atoms with Crippen LogP contribution in [0.2, 0.25) is 0 Å². The van der Waals surface area contributed by atoms with Gasteiger partial charge in [-0.15, -0.1) is 0 Å². The number of rotatable bonds is 6. The average molecular weight is 379 g/mol. The summed E-state index contributed by atoms with van der Waals surface area (Å²) < 4.78 is 14.7. The number of halogens is 1. The van der Waals surface area contributed by atoms with Gasteiger partial charge in [-0.25, -0.2) is 14.4 Å². The van der Waals surface area contributed by atoms with Crippen LogP contribution in [0.5, 0.6) is 0 Å². The fraction of sp³-hybridized carbons (Fsp3) is 0.333. The minimum Gasteiger partial charge on any atom is -0.346 e. The summed E-state index contributed by atoms with van der Waals surface area (Å²) in [6.07, 6.45) is 5.93. The van der Waals surface area contributed by atoms with Gasteiger partial charge in [-0.3, -0.25) is 4.79 Å². The molecule has 1 aromatic carbocycles. The van der Waals surface area contributed by atoms with Crippen molar-refractivity contribution in [3.8, 4) is 11.1 Å². The van der Waals surface area contributed by atoms with Crippen molar-refractivity contribution in [1.82, 2.24) is 15.0 Å². The first-order valence-corrected chi connectivity index (χ1v) is 9.67. The summed E-state index contributed by atoms with van der Waals surface area (Å²) >= 11 is 0. The number of nitrogens with zero attached hydrogens (tertiary/aromatic N) is 2. The van der Waals surface area contributed by atoms with E-state index in [1.807, 2.05) is 30.3 Å². The fourth-order valence-electron chi connectivity index (χ4n) is 3.43. The number of hydrogen-bond donors (Lipinski definition) is 3. The van der Waals surface area contributed by atoms with Crippen LogP contribution in [-0.4, -0.2) is 34.0 Å². The highest BCUT2D eigenvalue weighted by Gasteiger charge is 2.30. The lowest BCUT2D eigenvalue weighted by molar-refractivity contribution is -0.117. The molecular weight excluding hydrogens is 357 g/mol. The van der Waals surface area contributed by atoms with E-state index in [4.69, 9.17) is 0 Å². The number of nitrogens with one attached hydrogen (secondary N) is 3. The molecule has 0 atom stereocenters. The molecule has 0 saturated heterocycles. The Hall–Kier alpha value is -2.93. The zero-order valence-corrected chi connectivity index (χ0v) is 15.6. The molecule has 6 nitrogen and oxygen atoms in total. The van der Waals surface area contributed by atoms with Crippen LogP contribution in [0.4, 0.5) is 15.9 Å². The van der Waals surface area contributed by atoms with Gasteiger partial charge >= 0.3 is 0 Å². The molecule has 2 fully saturated rings. The van der Waals surface area contributed by atoms with Gasteiger partial charge in [0.05, 0.1) is 5.69 Å². The molecule has 0 aliphatic heterocycles. The molecular formula is C21H22FN5O. The van der Waals surface area contributed by atoms with E-state index in [1.165, 1.54) is 6.07 Å². The SMILES string of the molecule is CN(Nc1ccc(-c2cc(NC(=O)C3CC3)nc3[nH]ccc23)cc1F)C1CC1. The standard InChI is InChI=1S/C21H22FN5O/c1-27(14-5-6-14)26-18-7-4-13(10-17(18)22)16-11-19(25-21(28)12-2-3-12)24-20-15(16)8-9-23-20/h4,7-12,14,26H,2-3,5-6H2,1H3,(H2,23,24,25,28). The Labute approximate surface area is 162 Å². The van der Waals surface area contributed by atoms with Gasteiger partial charge in [0.15, 0.2) is 0 Å². The number of aromatic nitrogens is 2. The highest BCUT2D eigenvalue weighted by Crippen LogP contribution is 2.34. The number of fused-ring (bicyclic) bond motifs is 1. The molecule has 5 rings (SSSR count). The number of hydrazine groups is 1. The summed E-state index contributed by atoms with van der Waals surface area (Å²) in [6, 6.07) is 9.38. The Morgan fingerprint density at radius 1 is 1.21 bits per heavy atom. The summed E-state index contributed by atoms with van der Waals surface area (Å²) in [4.78, 5) is 19.7. The van der Waals surface area contributed by atoms with Gasteiger partial charge in [-0.2, -0.15) is 0 Å². The number of pyridine rings is 1. The first-order chi connectivity index (χ1) is 13.6. The van der Waals surface area contributed by atoms with Crippen LogP contribution in [0, 0.1) is 11.7 Å². The molecule has 3 aromatic rings. The molecule has 2 heterocycles. The third kappa shape index (κ3) is 3.33. The third-order valence-electron chi connectivity index (χ3n) is 5.40. The van der Waals surface area contributed by atoms with Crippen LogP contribution in [0.25, 0.3) is 22.2 Å². The van der Waals surface area contributed by atoms with Crippen molar-refractivity contribution in [3.05, 3.63) is 42.3 Å². The highest BCUT2D eigenvalue weighted by molar-refractivity contribution is 5.99. The maximum Gasteiger partial charge on any atom is 0.228 e. The Balaban J connectivity index is 1.48. The van der Waals surface area contributed by atoms with Crippen molar-refractivity contribution in [3.63, 3.8) is 0 Å². The number of anilines is 2. The van der Waals surface area contributed by atoms with Gasteiger partial charge in [0.2, 0.25) is 5.91 Å². The van der Waals surface area contributed by atoms with Crippen LogP contribution in [-0.2, 0) is 4.79 Å². The summed E-state index contributed by atoms with van der Waals surface area (Å²) in [5.41, 5.74) is 5.82. The zero-order valence-electron chi connectivity index (χ0n) is 15.6. The molecule has 28 heavy (non-hydrogen) atoms. The predicted octanol–water partition coefficient (Wildman–Crippen LogP) is 4.14. The Morgan fingerprint density at radius 3 is 2.75 bits per heavy atom. The molecule has 0 radical (unpaired) electrons. The number of H-pyrrole nitrogens is 1. The third-order valence-corrected chi connectivity index (χ3v) is 5.40. The van der Waals surface area contributed by atoms with Gasteiger partial charge < -0.3 is 15.7 Å². The van der Waals surface area contributed by atoms with Crippen LogP contribution >= 0.6 is 0 Å². The summed E-state index contributed by atoms with van der Waals surface area (Å²) in [6.45, 7) is 0. The highest BCUT2D eigenvalue weighted by atomic mass is 19.1. The van der Waals surface area contributed by atoms with Crippen molar-refractivity contribution in [2.24, 2.45) is 5.92 Å². The Morgan fingerprint density at radius 2 is 2.04 bits per heavy atom. The van der Waals surface area contributed by atoms with E-state index in [0.717, 1.165) is 42.2 Å². The lowest BCUT2D eigenvalue weighted by atomic mass is 10.0. The van der Waals surface area contributed by atoms with E-state index in [1.54, 1.807) is 12.3 Å². The molecule has 2 aromatic heterocycles. The van der Waals surface area contributed by atoms with E-state index >= 15 is 0 Å². The van der Waals surface area contributed by atoms with Gasteiger partial charge in [0.1, 0.15) is 17.3 Å². The van der Waals surface area contributed by atoms with E-state index in [9.17, 15) is 9.18 Å². The van der Waals surface area contributed by atoms with Crippen molar-refractivity contribution < 1.29 is 9.18 Å². The van der Waals surface area contributed by atoms with E-state index in [0.29, 0.717) is 23.2 Å². The second-order valence-electron chi connectivity index (χ2n) is 7.71. The first kappa shape index (κ1) is 17.2. The normalized spacial score (nSPS) is 16.5. The number of carbonyl (C=O) groups excluding carboxylic acids is 1. The second kappa shape index (κ2) is 6.60. The summed E-state index contributed by atoms with van der Waals surface area (Å²) in [5, 5.41) is 5.73. The maximum absolute atomic E-state index is 14.7. The number of carbonyl (C=O) groups is 1. The molecule has 2 aliphatic carbocycles. The van der Waals surface area contributed by atoms with E-state index in [2.05, 4.69) is 20.7 Å². The summed E-state index contributed by atoms with van der Waals surface area (Å²) in [5.74, 6) is 0.265. The Kier molecular flexibility index (Phi) is 4.05. The monoisotopic (exact) mass is 379 g/mol. The minimum absolute atomic E-state index is 0.00167. The smallest absolute Gasteiger partial charge is 0.228 e. The van der Waals surface area contributed by atoms with Crippen LogP contribution in [0.1, 0.15) is 25.7 Å². The molecule has 0 bridgehead atoms. The van der Waals surface area contributed by atoms with Crippen molar-refractivity contribution in [2.75, 3.05) is 17.8 Å². The zero-order chi connectivity index (χ0) is 19.3. The largest absolute Gasteiger partial charge is 0.346 e. The number of hydrogen-bond acceptors (Lipinski definition) is 4. The van der Waals surface area contributed by atoms with Crippen molar-refractivity contribution in [2.45, 2.75) is 31.7 Å². The lowest BCUT2D eigenvalue weighted by Gasteiger charge is -2.19. The molecule has 144 valence electrons. The van der Waals surface area contributed by atoms with E-state index < -0.39 is 0 Å². The maximum atomic E-state index is 14.7. The first-order valence-electron chi connectivity index (χ1n) is 9.67. The van der Waals surface area contributed by atoms with Gasteiger partial charge in [-0.05, 0) is 61.1 Å². The van der Waals surface area contributed by atoms with Gasteiger partial charge in [0.25, 0.3) is 0 Å². The molecule has 3 N–H and O–H groups in total. The molecule has 7 heteroatoms. The van der Waals surface area contributed by atoms with Crippen LogP contribution in [0.15, 0.2) is 36.5 Å². The number of benzene rings is 1. The molecule has 0 unspecified atom stereocenters. The number of aromatic amines is 1. The average Bonchev–Trinajstić information content (AvgIpc) is 3.59. The minimum atomic E-state index is -0.311. The molecule has 2 aliphatic rings. The molecule has 1 amide bonds. The van der Waals surface area contributed by atoms with Crippen LogP contribution in [0.3, 0.4) is 0 Å². The van der Waals surface area contributed by atoms with Crippen molar-refractivity contribution >= 4 is 28.4 Å². The molecule has 0 spiro atoms. The molecule has 2 saturated carbocycles. The quantitative estimate of drug-likeness (QED) is 0.563. The van der Waals surface area contributed by atoms with Gasteiger partial charge in [-0.1, -0.05) is 6.07 Å². The topological polar surface area (TPSA) is 73.0 Å². The van der Waals surface area contributed by atoms with E-state index in [-0.39, 0.29) is 17.6 Å².